The Morgan fingerprint density at radius 1 is 1.00 bits per heavy atom. The molecule has 2 N–H and O–H groups in total. The molecule has 0 aliphatic rings. The summed E-state index contributed by atoms with van der Waals surface area (Å²) in [5, 5.41) is 5.44. The van der Waals surface area contributed by atoms with Crippen molar-refractivity contribution in [1.82, 2.24) is 9.62 Å². The monoisotopic (exact) mass is 441 g/mol. The number of sulfonamides is 1. The van der Waals surface area contributed by atoms with Gasteiger partial charge in [-0.15, -0.1) is 0 Å². The van der Waals surface area contributed by atoms with Crippen LogP contribution in [-0.2, 0) is 21.4 Å². The molecule has 3 aromatic rings. The molecule has 0 unspecified atom stereocenters. The number of nitrogens with zero attached hydrogens (tertiary/aromatic N) is 1. The van der Waals surface area contributed by atoms with Gasteiger partial charge in [-0.2, -0.15) is 4.31 Å². The SMILES string of the molecule is CN([C@H](C(=O)Nc1ccccc1C(=O)NCc1ccco1)c1ccccc1)S(C)(=O)=O. The van der Waals surface area contributed by atoms with E-state index in [9.17, 15) is 18.0 Å². The highest BCUT2D eigenvalue weighted by atomic mass is 32.2. The van der Waals surface area contributed by atoms with E-state index in [0.717, 1.165) is 10.6 Å². The minimum Gasteiger partial charge on any atom is -0.467 e. The van der Waals surface area contributed by atoms with Crippen LogP contribution in [0.1, 0.15) is 27.7 Å². The lowest BCUT2D eigenvalue weighted by Crippen LogP contribution is -2.38. The van der Waals surface area contributed by atoms with E-state index >= 15 is 0 Å². The number of hydrogen-bond donors (Lipinski definition) is 2. The minimum absolute atomic E-state index is 0.192. The molecule has 1 atom stereocenters. The molecule has 0 fully saturated rings. The molecular weight excluding hydrogens is 418 g/mol. The second kappa shape index (κ2) is 9.59. The van der Waals surface area contributed by atoms with Crippen molar-refractivity contribution in [2.45, 2.75) is 12.6 Å². The van der Waals surface area contributed by atoms with Gasteiger partial charge in [0.15, 0.2) is 0 Å². The summed E-state index contributed by atoms with van der Waals surface area (Å²) in [4.78, 5) is 25.8. The summed E-state index contributed by atoms with van der Waals surface area (Å²) in [6.45, 7) is 0.192. The van der Waals surface area contributed by atoms with E-state index in [0.29, 0.717) is 11.3 Å². The summed E-state index contributed by atoms with van der Waals surface area (Å²) in [6, 6.07) is 17.4. The number of anilines is 1. The van der Waals surface area contributed by atoms with Crippen LogP contribution >= 0.6 is 0 Å². The molecule has 2 aromatic carbocycles. The van der Waals surface area contributed by atoms with Gasteiger partial charge in [-0.25, -0.2) is 8.42 Å². The van der Waals surface area contributed by atoms with Crippen molar-refractivity contribution in [3.05, 3.63) is 89.9 Å². The molecule has 1 aromatic heterocycles. The predicted octanol–water partition coefficient (Wildman–Crippen LogP) is 2.78. The zero-order valence-electron chi connectivity index (χ0n) is 17.1. The van der Waals surface area contributed by atoms with Crippen molar-refractivity contribution in [2.75, 3.05) is 18.6 Å². The summed E-state index contributed by atoms with van der Waals surface area (Å²) in [5.74, 6) is -0.390. The fourth-order valence-corrected chi connectivity index (χ4v) is 3.62. The molecule has 0 aliphatic carbocycles. The van der Waals surface area contributed by atoms with Gasteiger partial charge >= 0.3 is 0 Å². The summed E-state index contributed by atoms with van der Waals surface area (Å²) < 4.78 is 30.5. The van der Waals surface area contributed by atoms with Crippen LogP contribution in [-0.4, -0.2) is 37.8 Å². The fourth-order valence-electron chi connectivity index (χ4n) is 3.02. The Bertz CT molecular complexity index is 1140. The lowest BCUT2D eigenvalue weighted by atomic mass is 10.1. The third-order valence-corrected chi connectivity index (χ3v) is 5.94. The Balaban J connectivity index is 1.84. The van der Waals surface area contributed by atoms with E-state index in [4.69, 9.17) is 4.42 Å². The lowest BCUT2D eigenvalue weighted by Gasteiger charge is -2.26. The number of likely N-dealkylation sites (N-methyl/N-ethyl adjacent to an activating group) is 1. The maximum atomic E-state index is 13.2. The molecule has 3 rings (SSSR count). The van der Waals surface area contributed by atoms with Crippen LogP contribution in [0.3, 0.4) is 0 Å². The summed E-state index contributed by atoms with van der Waals surface area (Å²) in [7, 11) is -2.32. The smallest absolute Gasteiger partial charge is 0.253 e. The lowest BCUT2D eigenvalue weighted by molar-refractivity contribution is -0.119. The van der Waals surface area contributed by atoms with Crippen LogP contribution in [0.4, 0.5) is 5.69 Å². The first-order valence-corrected chi connectivity index (χ1v) is 11.3. The van der Waals surface area contributed by atoms with Gasteiger partial charge in [0.1, 0.15) is 11.8 Å². The topological polar surface area (TPSA) is 109 Å². The first-order chi connectivity index (χ1) is 14.8. The third-order valence-electron chi connectivity index (χ3n) is 4.68. The zero-order chi connectivity index (χ0) is 22.4. The molecule has 0 radical (unpaired) electrons. The molecule has 0 bridgehead atoms. The van der Waals surface area contributed by atoms with E-state index in [1.54, 1.807) is 66.7 Å². The number of benzene rings is 2. The maximum Gasteiger partial charge on any atom is 0.253 e. The summed E-state index contributed by atoms with van der Waals surface area (Å²) >= 11 is 0. The number of rotatable bonds is 8. The van der Waals surface area contributed by atoms with E-state index in [1.807, 2.05) is 0 Å². The highest BCUT2D eigenvalue weighted by molar-refractivity contribution is 7.88. The van der Waals surface area contributed by atoms with Crippen molar-refractivity contribution in [1.29, 1.82) is 0 Å². The van der Waals surface area contributed by atoms with Gasteiger partial charge in [0.05, 0.1) is 30.3 Å². The molecule has 162 valence electrons. The van der Waals surface area contributed by atoms with Crippen molar-refractivity contribution >= 4 is 27.5 Å². The van der Waals surface area contributed by atoms with Gasteiger partial charge in [0.2, 0.25) is 15.9 Å². The van der Waals surface area contributed by atoms with Crippen molar-refractivity contribution < 1.29 is 22.4 Å². The number of carbonyl (C=O) groups is 2. The number of para-hydroxylation sites is 1. The molecular formula is C22H23N3O5S. The molecule has 9 heteroatoms. The molecule has 0 spiro atoms. The van der Waals surface area contributed by atoms with Crippen LogP contribution in [0.2, 0.25) is 0 Å². The first kappa shape index (κ1) is 22.3. The minimum atomic E-state index is -3.66. The van der Waals surface area contributed by atoms with E-state index in [1.165, 1.54) is 13.3 Å². The average Bonchev–Trinajstić information content (AvgIpc) is 3.26. The zero-order valence-corrected chi connectivity index (χ0v) is 17.9. The van der Waals surface area contributed by atoms with Gasteiger partial charge < -0.3 is 15.1 Å². The molecule has 2 amide bonds. The summed E-state index contributed by atoms with van der Waals surface area (Å²) in [5.41, 5.74) is 1.02. The molecule has 1 heterocycles. The Kier molecular flexibility index (Phi) is 6.88. The van der Waals surface area contributed by atoms with Gasteiger partial charge in [-0.1, -0.05) is 42.5 Å². The van der Waals surface area contributed by atoms with Gasteiger partial charge in [-0.3, -0.25) is 9.59 Å². The highest BCUT2D eigenvalue weighted by Crippen LogP contribution is 2.25. The van der Waals surface area contributed by atoms with Crippen molar-refractivity contribution in [3.63, 3.8) is 0 Å². The second-order valence-electron chi connectivity index (χ2n) is 6.89. The third kappa shape index (κ3) is 5.59. The molecule has 0 aliphatic heterocycles. The molecule has 31 heavy (non-hydrogen) atoms. The maximum absolute atomic E-state index is 13.2. The van der Waals surface area contributed by atoms with E-state index in [2.05, 4.69) is 10.6 Å². The van der Waals surface area contributed by atoms with Crippen LogP contribution in [0, 0.1) is 0 Å². The van der Waals surface area contributed by atoms with Gasteiger partial charge in [0, 0.05) is 7.05 Å². The predicted molar refractivity (Wildman–Crippen MR) is 117 cm³/mol. The van der Waals surface area contributed by atoms with Crippen LogP contribution in [0.15, 0.2) is 77.4 Å². The quantitative estimate of drug-likeness (QED) is 0.559. The Labute approximate surface area is 180 Å². The average molecular weight is 442 g/mol. The highest BCUT2D eigenvalue weighted by Gasteiger charge is 2.31. The van der Waals surface area contributed by atoms with E-state index in [-0.39, 0.29) is 17.8 Å². The Hall–Kier alpha value is -3.43. The number of amides is 2. The Morgan fingerprint density at radius 3 is 2.32 bits per heavy atom. The summed E-state index contributed by atoms with van der Waals surface area (Å²) in [6.07, 6.45) is 2.55. The molecule has 0 saturated carbocycles. The largest absolute Gasteiger partial charge is 0.467 e. The second-order valence-corrected chi connectivity index (χ2v) is 8.93. The van der Waals surface area contributed by atoms with Crippen molar-refractivity contribution in [3.8, 4) is 0 Å². The standard InChI is InChI=1S/C22H23N3O5S/c1-25(31(2,28)29)20(16-9-4-3-5-10-16)22(27)24-19-13-7-6-12-18(19)21(26)23-15-17-11-8-14-30-17/h3-14,20H,15H2,1-2H3,(H,23,26)(H,24,27)/t20-/m0/s1. The van der Waals surface area contributed by atoms with Crippen LogP contribution < -0.4 is 10.6 Å². The number of carbonyl (C=O) groups excluding carboxylic acids is 2. The fraction of sp³-hybridized carbons (Fsp3) is 0.182. The van der Waals surface area contributed by atoms with E-state index < -0.39 is 27.9 Å². The molecule has 0 saturated heterocycles. The molecule has 8 nitrogen and oxygen atoms in total. The van der Waals surface area contributed by atoms with Gasteiger partial charge in [0.25, 0.3) is 5.91 Å². The van der Waals surface area contributed by atoms with Gasteiger partial charge in [-0.05, 0) is 29.8 Å². The number of nitrogens with one attached hydrogen (secondary N) is 2. The van der Waals surface area contributed by atoms with Crippen LogP contribution in [0.25, 0.3) is 0 Å². The van der Waals surface area contributed by atoms with Crippen molar-refractivity contribution in [2.24, 2.45) is 0 Å². The van der Waals surface area contributed by atoms with Crippen LogP contribution in [0.5, 0.6) is 0 Å². The normalized spacial score (nSPS) is 12.4. The Morgan fingerprint density at radius 2 is 1.68 bits per heavy atom. The first-order valence-electron chi connectivity index (χ1n) is 9.46. The number of furan rings is 1. The number of hydrogen-bond acceptors (Lipinski definition) is 5.